The Morgan fingerprint density at radius 2 is 1.78 bits per heavy atom. The highest BCUT2D eigenvalue weighted by Gasteiger charge is 2.24. The van der Waals surface area contributed by atoms with Gasteiger partial charge in [-0.2, -0.15) is 0 Å². The maximum Gasteiger partial charge on any atom is 0.209 e. The van der Waals surface area contributed by atoms with Crippen molar-refractivity contribution in [1.29, 1.82) is 0 Å². The van der Waals surface area contributed by atoms with Crippen LogP contribution in [0.15, 0.2) is 24.3 Å². The lowest BCUT2D eigenvalue weighted by Crippen LogP contribution is -2.47. The first-order valence-electron chi connectivity index (χ1n) is 7.81. The Morgan fingerprint density at radius 3 is 2.39 bits per heavy atom. The Balaban J connectivity index is 2.06. The molecule has 7 heteroatoms. The van der Waals surface area contributed by atoms with E-state index in [9.17, 15) is 8.42 Å². The number of nitrogens with zero attached hydrogens (tertiary/aromatic N) is 2. The molecule has 23 heavy (non-hydrogen) atoms. The maximum absolute atomic E-state index is 11.4. The molecule has 130 valence electrons. The first kappa shape index (κ1) is 18.0. The van der Waals surface area contributed by atoms with Crippen molar-refractivity contribution in [2.45, 2.75) is 19.4 Å². The smallest absolute Gasteiger partial charge is 0.209 e. The summed E-state index contributed by atoms with van der Waals surface area (Å²) in [4.78, 5) is 4.62. The molecule has 0 amide bonds. The number of anilines is 1. The molecule has 1 fully saturated rings. The fourth-order valence-corrected chi connectivity index (χ4v) is 3.74. The van der Waals surface area contributed by atoms with Gasteiger partial charge in [0.1, 0.15) is 12.4 Å². The molecular weight excluding hydrogens is 314 g/mol. The highest BCUT2D eigenvalue weighted by Crippen LogP contribution is 2.29. The van der Waals surface area contributed by atoms with Crippen molar-refractivity contribution in [2.75, 3.05) is 51.0 Å². The summed E-state index contributed by atoms with van der Waals surface area (Å²) in [5.74, 6) is 0.792. The largest absolute Gasteiger partial charge is 0.489 e. The number of para-hydroxylation sites is 2. The predicted molar refractivity (Wildman–Crippen MR) is 93.7 cm³/mol. The van der Waals surface area contributed by atoms with Gasteiger partial charge in [-0.1, -0.05) is 12.1 Å². The Kier molecular flexibility index (Phi) is 5.54. The van der Waals surface area contributed by atoms with Gasteiger partial charge in [0, 0.05) is 26.2 Å². The molecule has 1 aliphatic rings. The summed E-state index contributed by atoms with van der Waals surface area (Å²) in [5.41, 5.74) is 0.402. The average Bonchev–Trinajstić information content (AvgIpc) is 2.44. The molecule has 1 aliphatic heterocycles. The van der Waals surface area contributed by atoms with Crippen molar-refractivity contribution in [1.82, 2.24) is 9.62 Å². The van der Waals surface area contributed by atoms with E-state index in [0.717, 1.165) is 43.9 Å². The number of rotatable bonds is 6. The minimum atomic E-state index is -3.27. The van der Waals surface area contributed by atoms with E-state index in [2.05, 4.69) is 27.6 Å². The topological polar surface area (TPSA) is 61.9 Å². The molecule has 0 bridgehead atoms. The van der Waals surface area contributed by atoms with Crippen LogP contribution < -0.4 is 14.4 Å². The van der Waals surface area contributed by atoms with E-state index in [1.54, 1.807) is 0 Å². The SMILES string of the molecule is CN1CCN(c2ccccc2OCC(C)(C)NS(C)(=O)=O)CC1. The van der Waals surface area contributed by atoms with E-state index in [4.69, 9.17) is 4.74 Å². The van der Waals surface area contributed by atoms with Gasteiger partial charge < -0.3 is 14.5 Å². The van der Waals surface area contributed by atoms with Crippen molar-refractivity contribution in [3.63, 3.8) is 0 Å². The molecular formula is C16H27N3O3S. The Labute approximate surface area is 139 Å². The average molecular weight is 341 g/mol. The second kappa shape index (κ2) is 7.07. The number of hydrogen-bond donors (Lipinski definition) is 1. The normalized spacial score (nSPS) is 17.3. The summed E-state index contributed by atoms with van der Waals surface area (Å²) in [5, 5.41) is 0. The third-order valence-electron chi connectivity index (χ3n) is 3.76. The molecule has 1 saturated heterocycles. The Bertz CT molecular complexity index is 623. The van der Waals surface area contributed by atoms with Crippen LogP contribution in [0.2, 0.25) is 0 Å². The molecule has 0 aliphatic carbocycles. The fraction of sp³-hybridized carbons (Fsp3) is 0.625. The molecule has 0 aromatic heterocycles. The van der Waals surface area contributed by atoms with Gasteiger partial charge in [0.05, 0.1) is 17.5 Å². The van der Waals surface area contributed by atoms with Crippen molar-refractivity contribution in [2.24, 2.45) is 0 Å². The number of likely N-dealkylation sites (N-methyl/N-ethyl adjacent to an activating group) is 1. The van der Waals surface area contributed by atoms with Crippen LogP contribution in [0.4, 0.5) is 5.69 Å². The van der Waals surface area contributed by atoms with Crippen LogP contribution in [0.25, 0.3) is 0 Å². The second-order valence-corrected chi connectivity index (χ2v) is 8.55. The zero-order chi connectivity index (χ0) is 17.1. The lowest BCUT2D eigenvalue weighted by Gasteiger charge is -2.35. The highest BCUT2D eigenvalue weighted by molar-refractivity contribution is 7.88. The minimum Gasteiger partial charge on any atom is -0.489 e. The summed E-state index contributed by atoms with van der Waals surface area (Å²) < 4.78 is 31.4. The molecule has 0 atom stereocenters. The Morgan fingerprint density at radius 1 is 1.17 bits per heavy atom. The van der Waals surface area contributed by atoms with Crippen LogP contribution in [-0.4, -0.2) is 64.9 Å². The van der Waals surface area contributed by atoms with E-state index in [-0.39, 0.29) is 6.61 Å². The molecule has 6 nitrogen and oxygen atoms in total. The van der Waals surface area contributed by atoms with E-state index in [1.807, 2.05) is 32.0 Å². The summed E-state index contributed by atoms with van der Waals surface area (Å²) in [7, 11) is -1.14. The lowest BCUT2D eigenvalue weighted by molar-refractivity contribution is 0.229. The van der Waals surface area contributed by atoms with Gasteiger partial charge in [-0.25, -0.2) is 13.1 Å². The molecule has 1 heterocycles. The molecule has 0 spiro atoms. The van der Waals surface area contributed by atoms with Gasteiger partial charge in [-0.15, -0.1) is 0 Å². The quantitative estimate of drug-likeness (QED) is 0.841. The van der Waals surface area contributed by atoms with Gasteiger partial charge in [0.25, 0.3) is 0 Å². The zero-order valence-corrected chi connectivity index (χ0v) is 15.2. The number of sulfonamides is 1. The summed E-state index contributed by atoms with van der Waals surface area (Å²) in [6, 6.07) is 7.92. The summed E-state index contributed by atoms with van der Waals surface area (Å²) in [6.45, 7) is 7.86. The van der Waals surface area contributed by atoms with Crippen molar-refractivity contribution in [3.8, 4) is 5.75 Å². The van der Waals surface area contributed by atoms with Crippen molar-refractivity contribution >= 4 is 15.7 Å². The maximum atomic E-state index is 11.4. The van der Waals surface area contributed by atoms with Crippen molar-refractivity contribution in [3.05, 3.63) is 24.3 Å². The number of piperazine rings is 1. The molecule has 0 unspecified atom stereocenters. The highest BCUT2D eigenvalue weighted by atomic mass is 32.2. The van der Waals surface area contributed by atoms with Gasteiger partial charge in [-0.3, -0.25) is 0 Å². The summed E-state index contributed by atoms with van der Waals surface area (Å²) >= 11 is 0. The van der Waals surface area contributed by atoms with E-state index < -0.39 is 15.6 Å². The minimum absolute atomic E-state index is 0.269. The number of ether oxygens (including phenoxy) is 1. The van der Waals surface area contributed by atoms with E-state index in [1.165, 1.54) is 0 Å². The molecule has 2 rings (SSSR count). The second-order valence-electron chi connectivity index (χ2n) is 6.80. The van der Waals surface area contributed by atoms with E-state index >= 15 is 0 Å². The van der Waals surface area contributed by atoms with E-state index in [0.29, 0.717) is 0 Å². The lowest BCUT2D eigenvalue weighted by atomic mass is 10.1. The van der Waals surface area contributed by atoms with Crippen LogP contribution in [0, 0.1) is 0 Å². The van der Waals surface area contributed by atoms with Gasteiger partial charge >= 0.3 is 0 Å². The monoisotopic (exact) mass is 341 g/mol. The number of nitrogens with one attached hydrogen (secondary N) is 1. The Hall–Kier alpha value is -1.31. The first-order valence-corrected chi connectivity index (χ1v) is 9.70. The van der Waals surface area contributed by atoms with Crippen LogP contribution in [-0.2, 0) is 10.0 Å². The van der Waals surface area contributed by atoms with Crippen LogP contribution in [0.3, 0.4) is 0 Å². The van der Waals surface area contributed by atoms with Gasteiger partial charge in [0.15, 0.2) is 0 Å². The fourth-order valence-electron chi connectivity index (χ4n) is 2.68. The van der Waals surface area contributed by atoms with Gasteiger partial charge in [0.2, 0.25) is 10.0 Å². The molecule has 0 radical (unpaired) electrons. The third-order valence-corrected chi connectivity index (χ3v) is 4.68. The van der Waals surface area contributed by atoms with Crippen LogP contribution in [0.1, 0.15) is 13.8 Å². The van der Waals surface area contributed by atoms with Crippen molar-refractivity contribution < 1.29 is 13.2 Å². The number of hydrogen-bond acceptors (Lipinski definition) is 5. The molecule has 1 aromatic rings. The standard InChI is InChI=1S/C16H27N3O3S/c1-16(2,17-23(4,20)21)13-22-15-8-6-5-7-14(15)19-11-9-18(3)10-12-19/h5-8,17H,9-13H2,1-4H3. The molecule has 1 N–H and O–H groups in total. The van der Waals surface area contributed by atoms with Crippen LogP contribution >= 0.6 is 0 Å². The van der Waals surface area contributed by atoms with Crippen LogP contribution in [0.5, 0.6) is 5.75 Å². The number of benzene rings is 1. The summed E-state index contributed by atoms with van der Waals surface area (Å²) in [6.07, 6.45) is 1.16. The first-order chi connectivity index (χ1) is 10.7. The predicted octanol–water partition coefficient (Wildman–Crippen LogP) is 1.15. The molecule has 1 aromatic carbocycles. The van der Waals surface area contributed by atoms with Gasteiger partial charge in [-0.05, 0) is 33.0 Å². The zero-order valence-electron chi connectivity index (χ0n) is 14.4. The third kappa shape index (κ3) is 5.67. The molecule has 0 saturated carbocycles.